The van der Waals surface area contributed by atoms with Gasteiger partial charge in [0.15, 0.2) is 0 Å². The van der Waals surface area contributed by atoms with Gasteiger partial charge in [0, 0.05) is 0 Å². The van der Waals surface area contributed by atoms with Crippen molar-refractivity contribution in [3.05, 3.63) is 30.3 Å². The van der Waals surface area contributed by atoms with Crippen molar-refractivity contribution in [2.24, 2.45) is 0 Å². The Morgan fingerprint density at radius 3 is 1.82 bits per heavy atom. The zero-order valence-corrected chi connectivity index (χ0v) is 9.96. The molecule has 0 saturated carbocycles. The molecule has 0 heterocycles. The van der Waals surface area contributed by atoms with Gasteiger partial charge in [-0.3, -0.25) is 0 Å². The summed E-state index contributed by atoms with van der Waals surface area (Å²) >= 11 is 0. The molecule has 3 nitrogen and oxygen atoms in total. The molecule has 0 unspecified atom stereocenters. The van der Waals surface area contributed by atoms with Crippen molar-refractivity contribution in [3.8, 4) is 0 Å². The molecule has 1 aromatic carbocycles. The normalized spacial score (nSPS) is 10.3. The van der Waals surface area contributed by atoms with E-state index < -0.39 is 10.1 Å². The fourth-order valence-electron chi connectivity index (χ4n) is 0.587. The predicted molar refractivity (Wildman–Crippen MR) is 34.4 cm³/mol. The van der Waals surface area contributed by atoms with Crippen LogP contribution < -0.4 is 51.4 Å². The van der Waals surface area contributed by atoms with E-state index in [0.29, 0.717) is 0 Å². The topological polar surface area (TPSA) is 57.2 Å². The molecule has 11 heavy (non-hydrogen) atoms. The van der Waals surface area contributed by atoms with Crippen molar-refractivity contribution in [2.45, 2.75) is 4.90 Å². The Morgan fingerprint density at radius 1 is 1.09 bits per heavy atom. The van der Waals surface area contributed by atoms with Gasteiger partial charge >= 0.3 is 51.4 Å². The smallest absolute Gasteiger partial charge is 0.744 e. The van der Waals surface area contributed by atoms with Crippen molar-refractivity contribution in [1.82, 2.24) is 0 Å². The molecule has 0 bridgehead atoms. The van der Waals surface area contributed by atoms with E-state index in [1.54, 1.807) is 6.07 Å². The fourth-order valence-corrected chi connectivity index (χ4v) is 1.08. The van der Waals surface area contributed by atoms with E-state index in [-0.39, 0.29) is 56.3 Å². The molecule has 54 valence electrons. The van der Waals surface area contributed by atoms with Gasteiger partial charge in [-0.05, 0) is 12.1 Å². The largest absolute Gasteiger partial charge is 1.00 e. The monoisotopic (exact) mass is 196 g/mol. The minimum absolute atomic E-state index is 0. The average molecular weight is 196 g/mol. The Balaban J connectivity index is 0.000001000. The molecule has 0 saturated heterocycles. The Bertz CT molecular complexity index is 306. The maximum atomic E-state index is 10.3. The van der Waals surface area contributed by atoms with Crippen LogP contribution in [0.3, 0.4) is 0 Å². The first kappa shape index (κ1) is 11.8. The van der Waals surface area contributed by atoms with Gasteiger partial charge in [-0.25, -0.2) is 8.42 Å². The van der Waals surface area contributed by atoms with Gasteiger partial charge in [0.2, 0.25) is 0 Å². The van der Waals surface area contributed by atoms with Crippen LogP contribution in [-0.2, 0) is 10.1 Å². The van der Waals surface area contributed by atoms with Crippen molar-refractivity contribution < 1.29 is 64.4 Å². The fraction of sp³-hybridized carbons (Fsp3) is 0. The first-order valence-electron chi connectivity index (χ1n) is 2.61. The number of benzene rings is 1. The second kappa shape index (κ2) is 4.71. The number of rotatable bonds is 1. The third-order valence-corrected chi connectivity index (χ3v) is 1.88. The van der Waals surface area contributed by atoms with E-state index in [1.165, 1.54) is 24.3 Å². The van der Waals surface area contributed by atoms with Crippen LogP contribution in [0, 0.1) is 0 Å². The summed E-state index contributed by atoms with van der Waals surface area (Å²) in [7, 11) is -4.25. The van der Waals surface area contributed by atoms with Gasteiger partial charge in [-0.2, -0.15) is 0 Å². The Hall–Kier alpha value is 0.766. The zero-order valence-electron chi connectivity index (χ0n) is 6.02. The van der Waals surface area contributed by atoms with E-state index in [0.717, 1.165) is 0 Å². The van der Waals surface area contributed by atoms with Gasteiger partial charge in [0.25, 0.3) is 0 Å². The third kappa shape index (κ3) is 3.79. The van der Waals surface area contributed by atoms with Crippen molar-refractivity contribution in [2.75, 3.05) is 0 Å². The predicted octanol–water partition coefficient (Wildman–Crippen LogP) is -2.41. The zero-order chi connectivity index (χ0) is 7.61. The molecular formula is C6H5KO3S. The Kier molecular flexibility index (Phi) is 5.04. The van der Waals surface area contributed by atoms with Gasteiger partial charge in [-0.15, -0.1) is 0 Å². The standard InChI is InChI=1S/C6H6O3S.K/c7-10(8,9)6-4-2-1-3-5-6;/h1-5H,(H,7,8,9);/q;+1/p-1. The molecule has 0 amide bonds. The molecule has 1 rings (SSSR count). The van der Waals surface area contributed by atoms with Gasteiger partial charge < -0.3 is 4.55 Å². The van der Waals surface area contributed by atoms with E-state index >= 15 is 0 Å². The second-order valence-corrected chi connectivity index (χ2v) is 3.15. The van der Waals surface area contributed by atoms with E-state index in [1.807, 2.05) is 0 Å². The van der Waals surface area contributed by atoms with Crippen molar-refractivity contribution in [1.29, 1.82) is 0 Å². The van der Waals surface area contributed by atoms with Crippen LogP contribution in [0.1, 0.15) is 0 Å². The maximum Gasteiger partial charge on any atom is 1.00 e. The van der Waals surface area contributed by atoms with E-state index in [4.69, 9.17) is 0 Å². The van der Waals surface area contributed by atoms with Crippen LogP contribution in [0.4, 0.5) is 0 Å². The van der Waals surface area contributed by atoms with Crippen LogP contribution in [0.15, 0.2) is 35.2 Å². The van der Waals surface area contributed by atoms with Crippen LogP contribution in [0.5, 0.6) is 0 Å². The SMILES string of the molecule is O=S(=O)([O-])c1ccccc1.[K+]. The van der Waals surface area contributed by atoms with Crippen LogP contribution in [-0.4, -0.2) is 13.0 Å². The van der Waals surface area contributed by atoms with Crippen LogP contribution in [0.25, 0.3) is 0 Å². The summed E-state index contributed by atoms with van der Waals surface area (Å²) in [5.41, 5.74) is 0. The van der Waals surface area contributed by atoms with Gasteiger partial charge in [-0.1, -0.05) is 18.2 Å². The minimum atomic E-state index is -4.25. The first-order chi connectivity index (χ1) is 4.61. The molecule has 0 spiro atoms. The second-order valence-electron chi connectivity index (χ2n) is 1.77. The van der Waals surface area contributed by atoms with Crippen LogP contribution in [0.2, 0.25) is 0 Å². The molecule has 1 aromatic rings. The summed E-state index contributed by atoms with van der Waals surface area (Å²) < 4.78 is 30.8. The van der Waals surface area contributed by atoms with E-state index in [2.05, 4.69) is 0 Å². The molecule has 0 atom stereocenters. The molecule has 0 aliphatic rings. The molecule has 0 fully saturated rings. The first-order valence-corrected chi connectivity index (χ1v) is 4.02. The van der Waals surface area contributed by atoms with Crippen molar-refractivity contribution >= 4 is 10.1 Å². The third-order valence-electron chi connectivity index (χ3n) is 1.03. The quantitative estimate of drug-likeness (QED) is 0.371. The molecule has 0 aromatic heterocycles. The molecule has 0 aliphatic heterocycles. The maximum absolute atomic E-state index is 10.3. The Morgan fingerprint density at radius 2 is 1.55 bits per heavy atom. The molecule has 0 radical (unpaired) electrons. The molecular weight excluding hydrogens is 191 g/mol. The summed E-state index contributed by atoms with van der Waals surface area (Å²) in [6.07, 6.45) is 0. The molecule has 5 heteroatoms. The van der Waals surface area contributed by atoms with Crippen molar-refractivity contribution in [3.63, 3.8) is 0 Å². The summed E-state index contributed by atoms with van der Waals surface area (Å²) in [6.45, 7) is 0. The summed E-state index contributed by atoms with van der Waals surface area (Å²) in [4.78, 5) is -0.185. The molecule has 0 N–H and O–H groups in total. The summed E-state index contributed by atoms with van der Waals surface area (Å²) in [6, 6.07) is 7.19. The summed E-state index contributed by atoms with van der Waals surface area (Å²) in [5, 5.41) is 0. The minimum Gasteiger partial charge on any atom is -0.744 e. The van der Waals surface area contributed by atoms with Gasteiger partial charge in [0.05, 0.1) is 4.90 Å². The summed E-state index contributed by atoms with van der Waals surface area (Å²) in [5.74, 6) is 0. The number of hydrogen-bond donors (Lipinski definition) is 0. The molecule has 0 aliphatic carbocycles. The Labute approximate surface area is 108 Å². The van der Waals surface area contributed by atoms with Crippen LogP contribution >= 0.6 is 0 Å². The van der Waals surface area contributed by atoms with Gasteiger partial charge in [0.1, 0.15) is 10.1 Å². The number of hydrogen-bond acceptors (Lipinski definition) is 3. The van der Waals surface area contributed by atoms with E-state index in [9.17, 15) is 13.0 Å². The average Bonchev–Trinajstić information content (AvgIpc) is 1.88.